The number of aromatic hydroxyl groups is 1. The third-order valence-corrected chi connectivity index (χ3v) is 8.99. The van der Waals surface area contributed by atoms with Crippen molar-refractivity contribution < 1.29 is 5.11 Å². The summed E-state index contributed by atoms with van der Waals surface area (Å²) in [6.45, 7) is 4.69. The number of phenols is 1. The van der Waals surface area contributed by atoms with Crippen LogP contribution in [0.1, 0.15) is 5.56 Å². The second kappa shape index (κ2) is 9.55. The zero-order valence-electron chi connectivity index (χ0n) is 17.6. The van der Waals surface area contributed by atoms with Crippen LogP contribution in [0.5, 0.6) is 5.75 Å². The molecule has 162 valence electrons. The molecule has 1 aliphatic heterocycles. The third kappa shape index (κ3) is 4.50. The molecule has 3 aromatic carbocycles. The Morgan fingerprint density at radius 2 is 1.47 bits per heavy atom. The molecular weight excluding hydrogens is 453 g/mol. The van der Waals surface area contributed by atoms with Crippen molar-refractivity contribution >= 4 is 38.6 Å². The number of anilines is 1. The predicted octanol–water partition coefficient (Wildman–Crippen LogP) is 6.90. The topological polar surface area (TPSA) is 26.7 Å². The maximum Gasteiger partial charge on any atom is 0.120 e. The summed E-state index contributed by atoms with van der Waals surface area (Å²) in [5, 5.41) is 10.6. The molecule has 0 amide bonds. The van der Waals surface area contributed by atoms with Gasteiger partial charge in [-0.1, -0.05) is 81.4 Å². The second-order valence-corrected chi connectivity index (χ2v) is 10.8. The highest BCUT2D eigenvalue weighted by Gasteiger charge is 2.19. The van der Waals surface area contributed by atoms with E-state index in [1.165, 1.54) is 10.6 Å². The van der Waals surface area contributed by atoms with Crippen molar-refractivity contribution in [3.63, 3.8) is 0 Å². The largest absolute Gasteiger partial charge is 0.508 e. The third-order valence-electron chi connectivity index (χ3n) is 5.92. The summed E-state index contributed by atoms with van der Waals surface area (Å²) in [4.78, 5) is 6.03. The molecule has 5 rings (SSSR count). The van der Waals surface area contributed by atoms with E-state index >= 15 is 0 Å². The van der Waals surface area contributed by atoms with Gasteiger partial charge in [0.1, 0.15) is 9.57 Å². The molecule has 1 saturated heterocycles. The van der Waals surface area contributed by atoms with Gasteiger partial charge < -0.3 is 10.0 Å². The summed E-state index contributed by atoms with van der Waals surface area (Å²) in [5.74, 6) is 0.360. The monoisotopic (exact) mass is 476 g/mol. The SMILES string of the molecule is Oc1ccc(-c2ssc(=S)c2-c2ccccc2)cc1CN1CCN(c2ccccc2)CC1. The molecule has 0 bridgehead atoms. The molecule has 3 nitrogen and oxygen atoms in total. The Hall–Kier alpha value is -2.51. The number of benzene rings is 3. The average molecular weight is 477 g/mol. The van der Waals surface area contributed by atoms with Crippen LogP contribution in [0.25, 0.3) is 21.6 Å². The summed E-state index contributed by atoms with van der Waals surface area (Å²) in [6.07, 6.45) is 0. The van der Waals surface area contributed by atoms with Crippen LogP contribution in [0.3, 0.4) is 0 Å². The molecule has 0 unspecified atom stereocenters. The number of hydrogen-bond donors (Lipinski definition) is 1. The first-order valence-electron chi connectivity index (χ1n) is 10.7. The van der Waals surface area contributed by atoms with E-state index in [1.54, 1.807) is 20.7 Å². The molecule has 0 spiro atoms. The lowest BCUT2D eigenvalue weighted by molar-refractivity contribution is 0.247. The van der Waals surface area contributed by atoms with Gasteiger partial charge in [0.05, 0.1) is 4.88 Å². The van der Waals surface area contributed by atoms with Gasteiger partial charge in [0, 0.05) is 49.5 Å². The van der Waals surface area contributed by atoms with E-state index in [9.17, 15) is 5.11 Å². The normalized spacial score (nSPS) is 14.6. The lowest BCUT2D eigenvalue weighted by atomic mass is 10.0. The zero-order valence-corrected chi connectivity index (χ0v) is 20.1. The molecule has 1 fully saturated rings. The fourth-order valence-electron chi connectivity index (χ4n) is 4.20. The summed E-state index contributed by atoms with van der Waals surface area (Å²) >= 11 is 5.66. The van der Waals surface area contributed by atoms with E-state index in [4.69, 9.17) is 12.2 Å². The van der Waals surface area contributed by atoms with Gasteiger partial charge in [-0.25, -0.2) is 0 Å². The van der Waals surface area contributed by atoms with Crippen molar-refractivity contribution in [2.24, 2.45) is 0 Å². The van der Waals surface area contributed by atoms with E-state index in [0.717, 1.165) is 58.8 Å². The summed E-state index contributed by atoms with van der Waals surface area (Å²) in [6, 6.07) is 26.9. The molecule has 2 heterocycles. The molecule has 1 N–H and O–H groups in total. The molecule has 32 heavy (non-hydrogen) atoms. The summed E-state index contributed by atoms with van der Waals surface area (Å²) in [5.41, 5.74) is 5.65. The Morgan fingerprint density at radius 3 is 2.19 bits per heavy atom. The minimum Gasteiger partial charge on any atom is -0.508 e. The predicted molar refractivity (Wildman–Crippen MR) is 139 cm³/mol. The van der Waals surface area contributed by atoms with Crippen molar-refractivity contribution in [1.82, 2.24) is 4.90 Å². The van der Waals surface area contributed by atoms with E-state index < -0.39 is 0 Å². The Balaban J connectivity index is 1.35. The van der Waals surface area contributed by atoms with Crippen LogP contribution in [-0.2, 0) is 6.54 Å². The average Bonchev–Trinajstić information content (AvgIpc) is 3.23. The minimum absolute atomic E-state index is 0.360. The van der Waals surface area contributed by atoms with Gasteiger partial charge in [-0.05, 0) is 41.5 Å². The van der Waals surface area contributed by atoms with E-state index in [-0.39, 0.29) is 0 Å². The first kappa shape index (κ1) is 21.3. The van der Waals surface area contributed by atoms with Crippen molar-refractivity contribution in [3.05, 3.63) is 88.3 Å². The maximum atomic E-state index is 10.6. The molecule has 6 heteroatoms. The molecule has 0 aliphatic carbocycles. The Labute approximate surface area is 201 Å². The smallest absolute Gasteiger partial charge is 0.120 e. The van der Waals surface area contributed by atoms with Gasteiger partial charge in [0.25, 0.3) is 0 Å². The van der Waals surface area contributed by atoms with Gasteiger partial charge in [0.15, 0.2) is 0 Å². The first-order valence-corrected chi connectivity index (χ1v) is 13.3. The highest BCUT2D eigenvalue weighted by molar-refractivity contribution is 7.80. The van der Waals surface area contributed by atoms with E-state index in [0.29, 0.717) is 5.75 Å². The second-order valence-electron chi connectivity index (χ2n) is 7.97. The van der Waals surface area contributed by atoms with E-state index in [1.807, 2.05) is 30.3 Å². The highest BCUT2D eigenvalue weighted by Crippen LogP contribution is 2.42. The minimum atomic E-state index is 0.360. The van der Waals surface area contributed by atoms with E-state index in [2.05, 4.69) is 58.3 Å². The van der Waals surface area contributed by atoms with Crippen LogP contribution in [-0.4, -0.2) is 36.2 Å². The van der Waals surface area contributed by atoms with Crippen molar-refractivity contribution in [1.29, 1.82) is 0 Å². The Kier molecular flexibility index (Phi) is 6.37. The molecule has 0 radical (unpaired) electrons. The van der Waals surface area contributed by atoms with Crippen LogP contribution in [0.15, 0.2) is 78.9 Å². The summed E-state index contributed by atoms with van der Waals surface area (Å²) < 4.78 is 0.919. The maximum absolute atomic E-state index is 10.6. The lowest BCUT2D eigenvalue weighted by Crippen LogP contribution is -2.45. The van der Waals surface area contributed by atoms with Gasteiger partial charge in [0.2, 0.25) is 0 Å². The molecule has 1 aromatic heterocycles. The van der Waals surface area contributed by atoms with Crippen LogP contribution in [0, 0.1) is 3.82 Å². The molecule has 1 aliphatic rings. The lowest BCUT2D eigenvalue weighted by Gasteiger charge is -2.36. The molecule has 0 atom stereocenters. The van der Waals surface area contributed by atoms with Gasteiger partial charge in [-0.3, -0.25) is 4.90 Å². The van der Waals surface area contributed by atoms with Crippen LogP contribution < -0.4 is 4.90 Å². The molecule has 0 saturated carbocycles. The first-order chi connectivity index (χ1) is 15.7. The summed E-state index contributed by atoms with van der Waals surface area (Å²) in [7, 11) is 3.36. The Morgan fingerprint density at radius 1 is 0.781 bits per heavy atom. The number of piperazine rings is 1. The number of nitrogens with zero attached hydrogens (tertiary/aromatic N) is 2. The number of rotatable bonds is 5. The van der Waals surface area contributed by atoms with Crippen LogP contribution in [0.4, 0.5) is 5.69 Å². The van der Waals surface area contributed by atoms with Crippen LogP contribution in [0.2, 0.25) is 0 Å². The van der Waals surface area contributed by atoms with Crippen LogP contribution >= 0.6 is 32.9 Å². The molecular formula is C26H24N2OS3. The van der Waals surface area contributed by atoms with Gasteiger partial charge in [-0.2, -0.15) is 0 Å². The van der Waals surface area contributed by atoms with Gasteiger partial charge in [-0.15, -0.1) is 0 Å². The van der Waals surface area contributed by atoms with Crippen molar-refractivity contribution in [2.75, 3.05) is 31.1 Å². The number of para-hydroxylation sites is 1. The number of phenolic OH excluding ortho intramolecular Hbond substituents is 1. The quantitative estimate of drug-likeness (QED) is 0.250. The molecule has 4 aromatic rings. The number of hydrogen-bond acceptors (Lipinski definition) is 6. The highest BCUT2D eigenvalue weighted by atomic mass is 32.9. The van der Waals surface area contributed by atoms with Crippen molar-refractivity contribution in [2.45, 2.75) is 6.54 Å². The fraction of sp³-hybridized carbons (Fsp3) is 0.192. The fourth-order valence-corrected chi connectivity index (χ4v) is 7.11. The van der Waals surface area contributed by atoms with Gasteiger partial charge >= 0.3 is 0 Å². The standard InChI is InChI=1S/C26H24N2OS3/c29-23-12-11-20(25-24(26(30)32-31-25)19-7-3-1-4-8-19)17-21(23)18-27-13-15-28(16-14-27)22-9-5-2-6-10-22/h1-12,17,29H,13-16,18H2. The Bertz CT molecular complexity index is 1240. The van der Waals surface area contributed by atoms with Crippen molar-refractivity contribution in [3.8, 4) is 27.3 Å². The zero-order chi connectivity index (χ0) is 21.9.